The lowest BCUT2D eigenvalue weighted by Crippen LogP contribution is -2.08. The molecule has 0 N–H and O–H groups in total. The number of nitrogens with zero attached hydrogens (tertiary/aromatic N) is 2. The van der Waals surface area contributed by atoms with Gasteiger partial charge in [0.2, 0.25) is 0 Å². The summed E-state index contributed by atoms with van der Waals surface area (Å²) in [4.78, 5) is 16.1. The van der Waals surface area contributed by atoms with Crippen LogP contribution in [0.25, 0.3) is 22.4 Å². The number of carbonyl (C=O) groups excluding carboxylic acids is 1. The van der Waals surface area contributed by atoms with E-state index in [1.54, 1.807) is 6.92 Å². The number of pyridine rings is 1. The van der Waals surface area contributed by atoms with Gasteiger partial charge in [0.05, 0.1) is 35.0 Å². The van der Waals surface area contributed by atoms with Crippen LogP contribution in [0.1, 0.15) is 21.6 Å². The molecule has 0 fully saturated rings. The monoisotopic (exact) mass is 336 g/mol. The molecule has 0 bridgehead atoms. The van der Waals surface area contributed by atoms with Gasteiger partial charge in [-0.25, -0.2) is 9.78 Å². The zero-order valence-corrected chi connectivity index (χ0v) is 12.6. The molecule has 2 aromatic heterocycles. The number of carbonyl (C=O) groups is 1. The van der Waals surface area contributed by atoms with Gasteiger partial charge in [0.25, 0.3) is 5.71 Å². The van der Waals surface area contributed by atoms with Crippen molar-refractivity contribution in [3.05, 3.63) is 47.2 Å². The number of ether oxygens (including phenoxy) is 1. The summed E-state index contributed by atoms with van der Waals surface area (Å²) in [6.45, 7) is 1.60. The lowest BCUT2D eigenvalue weighted by atomic mass is 10.0. The van der Waals surface area contributed by atoms with E-state index in [4.69, 9.17) is 9.26 Å². The number of aryl methyl sites for hydroxylation is 1. The number of hydrogen-bond donors (Lipinski definition) is 0. The molecule has 0 amide bonds. The predicted octanol–water partition coefficient (Wildman–Crippen LogP) is 4.00. The fraction of sp³-hybridized carbons (Fsp3) is 0.188. The van der Waals surface area contributed by atoms with Gasteiger partial charge in [-0.1, -0.05) is 23.4 Å². The molecule has 2 heterocycles. The highest BCUT2D eigenvalue weighted by atomic mass is 19.4. The maximum absolute atomic E-state index is 13.2. The van der Waals surface area contributed by atoms with E-state index >= 15 is 0 Å². The number of alkyl halides is 3. The molecule has 8 heteroatoms. The van der Waals surface area contributed by atoms with E-state index in [1.807, 2.05) is 0 Å². The van der Waals surface area contributed by atoms with Crippen LogP contribution >= 0.6 is 0 Å². The fourth-order valence-electron chi connectivity index (χ4n) is 2.46. The highest BCUT2D eigenvalue weighted by Crippen LogP contribution is 2.37. The number of rotatable bonds is 2. The Bertz CT molecular complexity index is 932. The van der Waals surface area contributed by atoms with Crippen LogP contribution in [-0.2, 0) is 10.9 Å². The van der Waals surface area contributed by atoms with Crippen LogP contribution in [-0.4, -0.2) is 23.2 Å². The van der Waals surface area contributed by atoms with E-state index in [-0.39, 0.29) is 22.5 Å². The maximum atomic E-state index is 13.2. The molecule has 124 valence electrons. The summed E-state index contributed by atoms with van der Waals surface area (Å²) in [5.41, 5.74) is -0.647. The van der Waals surface area contributed by atoms with Crippen molar-refractivity contribution in [2.45, 2.75) is 13.1 Å². The first-order chi connectivity index (χ1) is 11.3. The van der Waals surface area contributed by atoms with E-state index in [1.165, 1.54) is 31.4 Å². The van der Waals surface area contributed by atoms with Crippen molar-refractivity contribution in [3.63, 3.8) is 0 Å². The van der Waals surface area contributed by atoms with E-state index < -0.39 is 17.7 Å². The zero-order chi connectivity index (χ0) is 17.5. The number of halogens is 3. The molecule has 0 spiro atoms. The third-order valence-electron chi connectivity index (χ3n) is 3.53. The van der Waals surface area contributed by atoms with Crippen molar-refractivity contribution >= 4 is 17.1 Å². The number of benzene rings is 1. The van der Waals surface area contributed by atoms with E-state index in [2.05, 4.69) is 10.1 Å². The number of methoxy groups -OCH3 is 1. The topological polar surface area (TPSA) is 65.2 Å². The largest absolute Gasteiger partial charge is 0.465 e. The van der Waals surface area contributed by atoms with E-state index in [0.717, 1.165) is 6.07 Å². The Morgan fingerprint density at radius 3 is 2.62 bits per heavy atom. The summed E-state index contributed by atoms with van der Waals surface area (Å²) in [6, 6.07) is 6.22. The Hall–Kier alpha value is -2.90. The van der Waals surface area contributed by atoms with Crippen molar-refractivity contribution in [2.75, 3.05) is 7.11 Å². The van der Waals surface area contributed by atoms with Crippen LogP contribution in [0.4, 0.5) is 13.2 Å². The van der Waals surface area contributed by atoms with Crippen molar-refractivity contribution in [3.8, 4) is 11.3 Å². The molecular formula is C16H11F3N2O3. The number of esters is 1. The summed E-state index contributed by atoms with van der Waals surface area (Å²) < 4.78 is 49.4. The van der Waals surface area contributed by atoms with Gasteiger partial charge in [-0.05, 0) is 19.1 Å². The molecule has 3 aromatic rings. The Morgan fingerprint density at radius 1 is 1.25 bits per heavy atom. The van der Waals surface area contributed by atoms with Gasteiger partial charge in [0, 0.05) is 5.56 Å². The van der Waals surface area contributed by atoms with Crippen molar-refractivity contribution in [2.24, 2.45) is 0 Å². The van der Waals surface area contributed by atoms with Gasteiger partial charge < -0.3 is 9.26 Å². The molecule has 0 aliphatic rings. The van der Waals surface area contributed by atoms with Gasteiger partial charge in [-0.15, -0.1) is 0 Å². The highest BCUT2D eigenvalue weighted by Gasteiger charge is 2.34. The van der Waals surface area contributed by atoms with E-state index in [0.29, 0.717) is 11.1 Å². The van der Waals surface area contributed by atoms with Crippen molar-refractivity contribution < 1.29 is 27.2 Å². The molecule has 5 nitrogen and oxygen atoms in total. The fourth-order valence-corrected chi connectivity index (χ4v) is 2.46. The average molecular weight is 336 g/mol. The second kappa shape index (κ2) is 5.63. The Morgan fingerprint density at radius 2 is 1.96 bits per heavy atom. The number of hydrogen-bond acceptors (Lipinski definition) is 5. The average Bonchev–Trinajstić information content (AvgIpc) is 2.94. The minimum Gasteiger partial charge on any atom is -0.465 e. The molecule has 3 rings (SSSR count). The summed E-state index contributed by atoms with van der Waals surface area (Å²) in [5, 5.41) is 4.03. The third-order valence-corrected chi connectivity index (χ3v) is 3.53. The summed E-state index contributed by atoms with van der Waals surface area (Å²) in [5.74, 6) is -0.709. The smallest absolute Gasteiger partial charge is 0.417 e. The molecular weight excluding hydrogens is 325 g/mol. The van der Waals surface area contributed by atoms with Gasteiger partial charge >= 0.3 is 12.1 Å². The predicted molar refractivity (Wildman–Crippen MR) is 78.3 cm³/mol. The van der Waals surface area contributed by atoms with Crippen LogP contribution in [0.3, 0.4) is 0 Å². The molecule has 0 unspecified atom stereocenters. The second-order valence-electron chi connectivity index (χ2n) is 5.04. The van der Waals surface area contributed by atoms with Crippen LogP contribution in [0.2, 0.25) is 0 Å². The van der Waals surface area contributed by atoms with Gasteiger partial charge in [-0.3, -0.25) is 0 Å². The molecule has 0 radical (unpaired) electrons. The van der Waals surface area contributed by atoms with Crippen LogP contribution in [0.15, 0.2) is 34.9 Å². The lowest BCUT2D eigenvalue weighted by molar-refractivity contribution is -0.137. The zero-order valence-electron chi connectivity index (χ0n) is 12.6. The SMILES string of the molecule is COC(=O)c1cc(-c2ccccc2C(F)(F)F)nc2onc(C)c12. The standard InChI is InChI=1S/C16H11F3N2O3/c1-8-13-10(15(22)23-2)7-12(20-14(13)24-21-8)9-5-3-4-6-11(9)16(17,18)19/h3-7H,1-2H3. The minimum atomic E-state index is -4.56. The minimum absolute atomic E-state index is 0.0256. The van der Waals surface area contributed by atoms with Crippen LogP contribution in [0.5, 0.6) is 0 Å². The molecule has 0 saturated carbocycles. The Balaban J connectivity index is 2.31. The molecule has 0 aliphatic heterocycles. The van der Waals surface area contributed by atoms with Gasteiger partial charge in [0.15, 0.2) is 0 Å². The van der Waals surface area contributed by atoms with Crippen molar-refractivity contribution in [1.29, 1.82) is 0 Å². The summed E-state index contributed by atoms with van der Waals surface area (Å²) in [7, 11) is 1.18. The van der Waals surface area contributed by atoms with Crippen LogP contribution < -0.4 is 0 Å². The molecule has 0 saturated heterocycles. The number of aromatic nitrogens is 2. The van der Waals surface area contributed by atoms with Crippen molar-refractivity contribution in [1.82, 2.24) is 10.1 Å². The second-order valence-corrected chi connectivity index (χ2v) is 5.04. The number of fused-ring (bicyclic) bond motifs is 1. The van der Waals surface area contributed by atoms with E-state index in [9.17, 15) is 18.0 Å². The molecule has 0 atom stereocenters. The first kappa shape index (κ1) is 16.0. The van der Waals surface area contributed by atoms with Gasteiger partial charge in [0.1, 0.15) is 0 Å². The maximum Gasteiger partial charge on any atom is 0.417 e. The molecule has 0 aliphatic carbocycles. The molecule has 1 aromatic carbocycles. The lowest BCUT2D eigenvalue weighted by Gasteiger charge is -2.12. The molecule has 24 heavy (non-hydrogen) atoms. The third kappa shape index (κ3) is 2.60. The highest BCUT2D eigenvalue weighted by molar-refractivity contribution is 6.04. The summed E-state index contributed by atoms with van der Waals surface area (Å²) in [6.07, 6.45) is -4.56. The normalized spacial score (nSPS) is 11.7. The first-order valence-electron chi connectivity index (χ1n) is 6.85. The Labute approximate surface area is 134 Å². The first-order valence-corrected chi connectivity index (χ1v) is 6.85. The van der Waals surface area contributed by atoms with Gasteiger partial charge in [-0.2, -0.15) is 13.2 Å². The van der Waals surface area contributed by atoms with Crippen LogP contribution in [0, 0.1) is 6.92 Å². The Kier molecular flexibility index (Phi) is 3.75. The quantitative estimate of drug-likeness (QED) is 0.662. The summed E-state index contributed by atoms with van der Waals surface area (Å²) >= 11 is 0.